The summed E-state index contributed by atoms with van der Waals surface area (Å²) in [4.78, 5) is 10.8. The van der Waals surface area contributed by atoms with Gasteiger partial charge in [0.05, 0.1) is 34.1 Å². The molecule has 0 aromatic heterocycles. The first-order valence-corrected chi connectivity index (χ1v) is 24.4. The minimum Gasteiger partial charge on any atom is -0.505 e. The largest absolute Gasteiger partial charge is 0.505 e. The van der Waals surface area contributed by atoms with Gasteiger partial charge in [-0.25, -0.2) is 0 Å². The molecular formula is C51H43N10O8S2+. The van der Waals surface area contributed by atoms with E-state index in [1.54, 1.807) is 80.6 Å². The molecule has 20 heteroatoms. The second kappa shape index (κ2) is 19.5. The van der Waals surface area contributed by atoms with Crippen molar-refractivity contribution in [3.63, 3.8) is 0 Å². The lowest BCUT2D eigenvalue weighted by Crippen LogP contribution is -2.01. The third kappa shape index (κ3) is 10.6. The van der Waals surface area contributed by atoms with Gasteiger partial charge in [0, 0.05) is 40.7 Å². The first-order valence-electron chi connectivity index (χ1n) is 21.5. The molecule has 0 radical (unpaired) electrons. The van der Waals surface area contributed by atoms with Crippen LogP contribution in [0.25, 0.3) is 21.5 Å². The van der Waals surface area contributed by atoms with Gasteiger partial charge in [-0.1, -0.05) is 22.8 Å². The fraction of sp³-hybridized carbons (Fsp3) is 0.118. The lowest BCUT2D eigenvalue weighted by molar-refractivity contribution is 0.482. The quantitative estimate of drug-likeness (QED) is 0.0226. The maximum atomic E-state index is 12.3. The number of nitrogens with two attached hydrogens (primary N) is 1. The maximum absolute atomic E-state index is 12.3. The molecule has 0 aliphatic carbocycles. The van der Waals surface area contributed by atoms with E-state index in [9.17, 15) is 35.8 Å². The van der Waals surface area contributed by atoms with E-state index >= 15 is 0 Å². The Kier molecular flexibility index (Phi) is 13.4. The standard InChI is InChI=1S/C51H42N10O8S2/c1-28-19-43(29(2)18-42(28)54-53-41-17-10-35-24-38(15-16-39(35)51(41)63)61(27-62)37-13-11-36(52)12-14-37)55-56-44-20-31(4)45(21-30(44)3)57-58-46-22-33(6)47(23-32(46)5)59-60-48-26-40-34(25-50(48)71(67,68)69)8-7-9-49(40)70(64,65)66/h7-26H,52H2,1-6H3,(H2-,54,56,58,60,63,64,65,66,67,68,69)/p+1. The number of nitrogen functional groups attached to an aromatic ring is 1. The number of hydrogen-bond acceptors (Lipinski definition) is 15. The molecule has 0 atom stereocenters. The number of rotatable bonds is 12. The van der Waals surface area contributed by atoms with Gasteiger partial charge in [-0.2, -0.15) is 52.3 Å². The summed E-state index contributed by atoms with van der Waals surface area (Å²) in [6.07, 6.45) is 1.94. The maximum Gasteiger partial charge on any atom is 0.437 e. The van der Waals surface area contributed by atoms with Crippen LogP contribution in [0.15, 0.2) is 172 Å². The number of aromatic hydroxyl groups is 1. The number of anilines is 1. The number of aryl methyl sites for hydroxylation is 6. The van der Waals surface area contributed by atoms with Crippen molar-refractivity contribution >= 4 is 110 Å². The summed E-state index contributed by atoms with van der Waals surface area (Å²) in [5.74, 6) is -0.0602. The molecule has 71 heavy (non-hydrogen) atoms. The molecule has 356 valence electrons. The zero-order valence-corrected chi connectivity index (χ0v) is 40.5. The topological polar surface area (TPSA) is 274 Å². The Morgan fingerprint density at radius 3 is 1.28 bits per heavy atom. The predicted octanol–water partition coefficient (Wildman–Crippen LogP) is 14.5. The number of isocyanates is 1. The summed E-state index contributed by atoms with van der Waals surface area (Å²) >= 11 is 0. The van der Waals surface area contributed by atoms with E-state index < -0.39 is 30.0 Å². The van der Waals surface area contributed by atoms with Gasteiger partial charge < -0.3 is 10.8 Å². The Hall–Kier alpha value is -8.52. The average molecular weight is 988 g/mol. The summed E-state index contributed by atoms with van der Waals surface area (Å²) in [5.41, 5.74) is 15.2. The number of hydrogen-bond donors (Lipinski definition) is 4. The van der Waals surface area contributed by atoms with Crippen molar-refractivity contribution in [1.82, 2.24) is 4.58 Å². The van der Waals surface area contributed by atoms with Gasteiger partial charge >= 0.3 is 6.08 Å². The van der Waals surface area contributed by atoms with Gasteiger partial charge in [-0.05, 0) is 165 Å². The zero-order valence-electron chi connectivity index (χ0n) is 38.8. The summed E-state index contributed by atoms with van der Waals surface area (Å²) in [6, 6.07) is 32.4. The van der Waals surface area contributed by atoms with Crippen molar-refractivity contribution in [3.8, 4) is 5.75 Å². The molecule has 8 aromatic rings. The highest BCUT2D eigenvalue weighted by atomic mass is 32.2. The minimum absolute atomic E-state index is 0.0155. The molecule has 0 saturated heterocycles. The van der Waals surface area contributed by atoms with Crippen LogP contribution in [0, 0.1) is 41.5 Å². The SMILES string of the molecule is Cc1cc(N=Nc2cc(C)c(N=Nc3ccc4cc([N+](=C=O)c5ccc(N)cc5)ccc4c3O)cc2C)c(C)cc1N=Nc1cc(C)c(N=Nc2cc3c(S(=O)(=O)O)cccc3cc2S(=O)(=O)O)cc1C. The van der Waals surface area contributed by atoms with Gasteiger partial charge in [0.15, 0.2) is 5.75 Å². The van der Waals surface area contributed by atoms with E-state index in [0.717, 1.165) is 40.5 Å². The highest BCUT2D eigenvalue weighted by Gasteiger charge is 2.22. The van der Waals surface area contributed by atoms with Gasteiger partial charge in [0.1, 0.15) is 21.2 Å². The second-order valence-electron chi connectivity index (χ2n) is 16.7. The van der Waals surface area contributed by atoms with Crippen LogP contribution in [-0.4, -0.2) is 37.1 Å². The predicted molar refractivity (Wildman–Crippen MR) is 272 cm³/mol. The number of phenols is 1. The van der Waals surface area contributed by atoms with E-state index in [1.165, 1.54) is 16.7 Å². The summed E-state index contributed by atoms with van der Waals surface area (Å²) in [6.45, 7) is 11.1. The first-order chi connectivity index (χ1) is 33.7. The van der Waals surface area contributed by atoms with E-state index in [-0.39, 0.29) is 27.9 Å². The number of benzene rings is 8. The Morgan fingerprint density at radius 2 is 0.845 bits per heavy atom. The molecule has 0 fully saturated rings. The molecular weight excluding hydrogens is 945 g/mol. The molecule has 5 N–H and O–H groups in total. The van der Waals surface area contributed by atoms with Crippen LogP contribution in [0.3, 0.4) is 0 Å². The molecule has 0 amide bonds. The number of phenolic OH excluding ortho intramolecular Hbond substituents is 1. The normalized spacial score (nSPS) is 12.3. The van der Waals surface area contributed by atoms with Gasteiger partial charge in [-0.15, -0.1) is 10.2 Å². The molecule has 0 aliphatic heterocycles. The smallest absolute Gasteiger partial charge is 0.437 e. The number of azo groups is 4. The number of carbonyl (C=O) groups excluding carboxylic acids is 1. The Bertz CT molecular complexity index is 3930. The number of fused-ring (bicyclic) bond motifs is 2. The molecule has 0 unspecified atom stereocenters. The van der Waals surface area contributed by atoms with Crippen LogP contribution in [0.2, 0.25) is 0 Å². The van der Waals surface area contributed by atoms with E-state index in [4.69, 9.17) is 5.73 Å². The number of nitrogens with zero attached hydrogens (tertiary/aromatic N) is 9. The molecule has 0 spiro atoms. The van der Waals surface area contributed by atoms with Crippen LogP contribution in [0.5, 0.6) is 5.75 Å². The van der Waals surface area contributed by atoms with Crippen LogP contribution in [0.4, 0.5) is 62.6 Å². The van der Waals surface area contributed by atoms with Crippen molar-refractivity contribution < 1.29 is 35.8 Å². The lowest BCUT2D eigenvalue weighted by atomic mass is 10.1. The molecule has 0 heterocycles. The Morgan fingerprint density at radius 1 is 0.437 bits per heavy atom. The van der Waals surface area contributed by atoms with E-state index in [2.05, 4.69) is 40.9 Å². The second-order valence-corrected chi connectivity index (χ2v) is 19.5. The zero-order chi connectivity index (χ0) is 50.9. The van der Waals surface area contributed by atoms with E-state index in [0.29, 0.717) is 73.1 Å². The van der Waals surface area contributed by atoms with Gasteiger partial charge in [-0.3, -0.25) is 9.11 Å². The molecule has 18 nitrogen and oxygen atoms in total. The Labute approximate surface area is 407 Å². The minimum atomic E-state index is -4.81. The first kappa shape index (κ1) is 48.9. The fourth-order valence-electron chi connectivity index (χ4n) is 7.60. The van der Waals surface area contributed by atoms with Crippen molar-refractivity contribution in [2.24, 2.45) is 40.9 Å². The Balaban J connectivity index is 0.969. The lowest BCUT2D eigenvalue weighted by Gasteiger charge is -2.09. The monoisotopic (exact) mass is 987 g/mol. The van der Waals surface area contributed by atoms with Crippen molar-refractivity contribution in [3.05, 3.63) is 155 Å². The van der Waals surface area contributed by atoms with Crippen LogP contribution in [-0.2, 0) is 25.0 Å². The van der Waals surface area contributed by atoms with Crippen molar-refractivity contribution in [2.45, 2.75) is 51.3 Å². The molecule has 8 rings (SSSR count). The van der Waals surface area contributed by atoms with Gasteiger partial charge in [0.25, 0.3) is 20.2 Å². The van der Waals surface area contributed by atoms with E-state index in [1.807, 2.05) is 58.0 Å². The van der Waals surface area contributed by atoms with Crippen LogP contribution >= 0.6 is 0 Å². The van der Waals surface area contributed by atoms with Gasteiger partial charge in [0.2, 0.25) is 11.4 Å². The third-order valence-corrected chi connectivity index (χ3v) is 13.3. The molecule has 0 aliphatic rings. The fourth-order valence-corrected chi connectivity index (χ4v) is 8.94. The molecule has 0 saturated carbocycles. The van der Waals surface area contributed by atoms with Crippen LogP contribution < -0.4 is 10.3 Å². The summed E-state index contributed by atoms with van der Waals surface area (Å²) < 4.78 is 69.8. The van der Waals surface area contributed by atoms with Crippen molar-refractivity contribution in [2.75, 3.05) is 5.73 Å². The summed E-state index contributed by atoms with van der Waals surface area (Å²) in [5, 5.41) is 47.7. The highest BCUT2D eigenvalue weighted by Crippen LogP contribution is 2.40. The molecule has 0 bridgehead atoms. The molecule has 8 aromatic carbocycles. The third-order valence-electron chi connectivity index (χ3n) is 11.5. The average Bonchev–Trinajstić information content (AvgIpc) is 3.32. The highest BCUT2D eigenvalue weighted by molar-refractivity contribution is 7.86. The summed E-state index contributed by atoms with van der Waals surface area (Å²) in [7, 11) is -9.49. The van der Waals surface area contributed by atoms with Crippen molar-refractivity contribution in [1.29, 1.82) is 0 Å². The van der Waals surface area contributed by atoms with Crippen LogP contribution in [0.1, 0.15) is 33.4 Å².